The molecule has 1 saturated heterocycles. The fraction of sp³-hybridized carbons (Fsp3) is 0.652. The lowest BCUT2D eigenvalue weighted by Crippen LogP contribution is -2.62. The molecule has 1 aliphatic heterocycles. The average molecular weight is 367 g/mol. The standard InChI is InChI=1S/C23H30N2O2/c1-22(2)12-20-23(3,14-22)15-25(20)21(26)17-6-10-19(11-7-17)27-18-8-4-16(13-24)5-9-18/h6-7,10-11,16,18,20H,4-5,8-9,12,14-15H2,1-3H3. The number of nitriles is 1. The minimum absolute atomic E-state index is 0.149. The molecule has 3 fully saturated rings. The number of hydrogen-bond acceptors (Lipinski definition) is 3. The molecule has 0 spiro atoms. The van der Waals surface area contributed by atoms with Crippen LogP contribution in [-0.2, 0) is 0 Å². The molecule has 3 aliphatic rings. The number of fused-ring (bicyclic) bond motifs is 1. The second-order valence-electron chi connectivity index (χ2n) is 9.89. The molecule has 1 heterocycles. The number of carbonyl (C=O) groups is 1. The molecule has 2 atom stereocenters. The van der Waals surface area contributed by atoms with E-state index in [1.165, 1.54) is 6.42 Å². The second-order valence-corrected chi connectivity index (χ2v) is 9.89. The maximum absolute atomic E-state index is 12.9. The van der Waals surface area contributed by atoms with Gasteiger partial charge in [0, 0.05) is 29.5 Å². The van der Waals surface area contributed by atoms with E-state index >= 15 is 0 Å². The molecule has 27 heavy (non-hydrogen) atoms. The number of carbonyl (C=O) groups excluding carboxylic acids is 1. The summed E-state index contributed by atoms with van der Waals surface area (Å²) in [4.78, 5) is 15.0. The fourth-order valence-corrected chi connectivity index (χ4v) is 5.65. The molecule has 2 saturated carbocycles. The Kier molecular flexibility index (Phi) is 4.45. The van der Waals surface area contributed by atoms with Crippen molar-refractivity contribution >= 4 is 5.91 Å². The lowest BCUT2D eigenvalue weighted by atomic mass is 9.74. The van der Waals surface area contributed by atoms with Gasteiger partial charge in [0.2, 0.25) is 0 Å². The van der Waals surface area contributed by atoms with E-state index in [-0.39, 0.29) is 17.9 Å². The Hall–Kier alpha value is -2.02. The first kappa shape index (κ1) is 18.3. The topological polar surface area (TPSA) is 53.3 Å². The van der Waals surface area contributed by atoms with Crippen molar-refractivity contribution in [3.05, 3.63) is 29.8 Å². The SMILES string of the molecule is CC1(C)CC2N(C(=O)c3ccc(OC4CCC(C#N)CC4)cc3)CC2(C)C1. The third-order valence-electron chi connectivity index (χ3n) is 6.86. The minimum Gasteiger partial charge on any atom is -0.490 e. The first-order chi connectivity index (χ1) is 12.8. The molecule has 0 aromatic heterocycles. The Balaban J connectivity index is 1.36. The molecule has 4 heteroatoms. The summed E-state index contributed by atoms with van der Waals surface area (Å²) in [6.45, 7) is 7.83. The molecule has 0 N–H and O–H groups in total. The van der Waals surface area contributed by atoms with E-state index in [9.17, 15) is 4.79 Å². The number of amides is 1. The predicted octanol–water partition coefficient (Wildman–Crippen LogP) is 4.80. The highest BCUT2D eigenvalue weighted by Crippen LogP contribution is 2.57. The van der Waals surface area contributed by atoms with Crippen molar-refractivity contribution in [1.29, 1.82) is 5.26 Å². The zero-order valence-corrected chi connectivity index (χ0v) is 16.7. The van der Waals surface area contributed by atoms with Crippen molar-refractivity contribution < 1.29 is 9.53 Å². The number of likely N-dealkylation sites (tertiary alicyclic amines) is 1. The van der Waals surface area contributed by atoms with Crippen LogP contribution in [0.5, 0.6) is 5.75 Å². The summed E-state index contributed by atoms with van der Waals surface area (Å²) in [7, 11) is 0. The minimum atomic E-state index is 0.149. The monoisotopic (exact) mass is 366 g/mol. The lowest BCUT2D eigenvalue weighted by molar-refractivity contribution is -0.0216. The predicted molar refractivity (Wildman–Crippen MR) is 104 cm³/mol. The maximum Gasteiger partial charge on any atom is 0.254 e. The van der Waals surface area contributed by atoms with Gasteiger partial charge >= 0.3 is 0 Å². The fourth-order valence-electron chi connectivity index (χ4n) is 5.65. The van der Waals surface area contributed by atoms with Gasteiger partial charge in [-0.15, -0.1) is 0 Å². The Bertz CT molecular complexity index is 756. The van der Waals surface area contributed by atoms with Gasteiger partial charge in [-0.2, -0.15) is 5.26 Å². The molecule has 0 radical (unpaired) electrons. The Morgan fingerprint density at radius 2 is 1.81 bits per heavy atom. The lowest BCUT2D eigenvalue weighted by Gasteiger charge is -2.52. The summed E-state index contributed by atoms with van der Waals surface area (Å²) in [5.41, 5.74) is 1.38. The van der Waals surface area contributed by atoms with Gasteiger partial charge in [-0.3, -0.25) is 4.79 Å². The maximum atomic E-state index is 12.9. The first-order valence-corrected chi connectivity index (χ1v) is 10.3. The molecule has 1 aromatic rings. The summed E-state index contributed by atoms with van der Waals surface area (Å²) >= 11 is 0. The van der Waals surface area contributed by atoms with Crippen LogP contribution in [0.15, 0.2) is 24.3 Å². The van der Waals surface area contributed by atoms with Crippen LogP contribution in [-0.4, -0.2) is 29.5 Å². The van der Waals surface area contributed by atoms with E-state index in [1.54, 1.807) is 0 Å². The third kappa shape index (κ3) is 3.45. The van der Waals surface area contributed by atoms with Crippen LogP contribution in [0.1, 0.15) is 69.7 Å². The largest absolute Gasteiger partial charge is 0.490 e. The number of benzene rings is 1. The van der Waals surface area contributed by atoms with Crippen LogP contribution in [0.3, 0.4) is 0 Å². The van der Waals surface area contributed by atoms with Crippen molar-refractivity contribution in [2.45, 2.75) is 71.4 Å². The summed E-state index contributed by atoms with van der Waals surface area (Å²) in [6, 6.07) is 10.4. The zero-order chi connectivity index (χ0) is 19.2. The summed E-state index contributed by atoms with van der Waals surface area (Å²) in [5, 5.41) is 8.99. The molecular weight excluding hydrogens is 336 g/mol. The van der Waals surface area contributed by atoms with Crippen LogP contribution in [0.4, 0.5) is 0 Å². The van der Waals surface area contributed by atoms with Gasteiger partial charge in [0.1, 0.15) is 5.75 Å². The van der Waals surface area contributed by atoms with E-state index < -0.39 is 0 Å². The quantitative estimate of drug-likeness (QED) is 0.772. The highest BCUT2D eigenvalue weighted by atomic mass is 16.5. The summed E-state index contributed by atoms with van der Waals surface area (Å²) < 4.78 is 6.06. The van der Waals surface area contributed by atoms with Crippen LogP contribution >= 0.6 is 0 Å². The van der Waals surface area contributed by atoms with Gasteiger partial charge in [-0.25, -0.2) is 0 Å². The van der Waals surface area contributed by atoms with E-state index in [0.717, 1.165) is 50.0 Å². The smallest absolute Gasteiger partial charge is 0.254 e. The highest BCUT2D eigenvalue weighted by Gasteiger charge is 2.59. The third-order valence-corrected chi connectivity index (χ3v) is 6.86. The zero-order valence-electron chi connectivity index (χ0n) is 16.7. The van der Waals surface area contributed by atoms with Crippen molar-refractivity contribution in [2.24, 2.45) is 16.7 Å². The van der Waals surface area contributed by atoms with Crippen LogP contribution in [0.2, 0.25) is 0 Å². The van der Waals surface area contributed by atoms with E-state index in [0.29, 0.717) is 16.9 Å². The van der Waals surface area contributed by atoms with Gasteiger partial charge in [-0.1, -0.05) is 20.8 Å². The molecular formula is C23H30N2O2. The van der Waals surface area contributed by atoms with Gasteiger partial charge in [0.05, 0.1) is 12.2 Å². The Morgan fingerprint density at radius 1 is 1.15 bits per heavy atom. The van der Waals surface area contributed by atoms with Gasteiger partial charge in [0.25, 0.3) is 5.91 Å². The van der Waals surface area contributed by atoms with Crippen LogP contribution in [0, 0.1) is 28.1 Å². The number of rotatable bonds is 3. The normalized spacial score (nSPS) is 34.3. The Labute approximate surface area is 162 Å². The molecule has 1 aromatic carbocycles. The number of hydrogen-bond donors (Lipinski definition) is 0. The van der Waals surface area contributed by atoms with E-state index in [1.807, 2.05) is 24.3 Å². The van der Waals surface area contributed by atoms with Gasteiger partial charge in [0.15, 0.2) is 0 Å². The van der Waals surface area contributed by atoms with Crippen LogP contribution < -0.4 is 4.74 Å². The first-order valence-electron chi connectivity index (χ1n) is 10.3. The molecule has 0 bridgehead atoms. The van der Waals surface area contributed by atoms with E-state index in [2.05, 4.69) is 31.7 Å². The van der Waals surface area contributed by atoms with Gasteiger partial charge < -0.3 is 9.64 Å². The molecule has 1 amide bonds. The number of ether oxygens (including phenoxy) is 1. The Morgan fingerprint density at radius 3 is 2.41 bits per heavy atom. The highest BCUT2D eigenvalue weighted by molar-refractivity contribution is 5.95. The van der Waals surface area contributed by atoms with E-state index in [4.69, 9.17) is 10.00 Å². The summed E-state index contributed by atoms with van der Waals surface area (Å²) in [6.07, 6.45) is 6.20. The summed E-state index contributed by atoms with van der Waals surface area (Å²) in [5.74, 6) is 1.16. The van der Waals surface area contributed by atoms with Crippen molar-refractivity contribution in [2.75, 3.05) is 6.54 Å². The average Bonchev–Trinajstić information content (AvgIpc) is 2.83. The molecule has 144 valence electrons. The molecule has 2 unspecified atom stereocenters. The van der Waals surface area contributed by atoms with Crippen molar-refractivity contribution in [3.63, 3.8) is 0 Å². The van der Waals surface area contributed by atoms with Crippen LogP contribution in [0.25, 0.3) is 0 Å². The number of nitrogens with zero attached hydrogens (tertiary/aromatic N) is 2. The molecule has 4 nitrogen and oxygen atoms in total. The van der Waals surface area contributed by atoms with Crippen molar-refractivity contribution in [1.82, 2.24) is 4.90 Å². The second kappa shape index (κ2) is 6.55. The molecule has 4 rings (SSSR count). The molecule has 2 aliphatic carbocycles. The van der Waals surface area contributed by atoms with Crippen molar-refractivity contribution in [3.8, 4) is 11.8 Å². The van der Waals surface area contributed by atoms with Gasteiger partial charge in [-0.05, 0) is 68.2 Å².